The molecule has 1 aliphatic rings. The molecule has 0 radical (unpaired) electrons. The number of likely N-dealkylation sites (tertiary alicyclic amines) is 1. The topological polar surface area (TPSA) is 83.4 Å². The van der Waals surface area contributed by atoms with Gasteiger partial charge in [0.1, 0.15) is 5.69 Å². The predicted octanol–water partition coefficient (Wildman–Crippen LogP) is 1.85. The average molecular weight is 329 g/mol. The van der Waals surface area contributed by atoms with Crippen molar-refractivity contribution >= 4 is 23.0 Å². The van der Waals surface area contributed by atoms with Crippen LogP contribution in [0.3, 0.4) is 0 Å². The highest BCUT2D eigenvalue weighted by Gasteiger charge is 2.30. The first kappa shape index (κ1) is 14.1. The van der Waals surface area contributed by atoms with E-state index < -0.39 is 0 Å². The molecule has 4 heterocycles. The van der Waals surface area contributed by atoms with E-state index in [-0.39, 0.29) is 17.5 Å². The largest absolute Gasteiger partial charge is 0.329 e. The summed E-state index contributed by atoms with van der Waals surface area (Å²) >= 11 is 1.40. The van der Waals surface area contributed by atoms with Crippen LogP contribution in [-0.4, -0.2) is 36.7 Å². The lowest BCUT2D eigenvalue weighted by Gasteiger charge is -2.35. The van der Waals surface area contributed by atoms with Crippen molar-refractivity contribution < 1.29 is 4.79 Å². The van der Waals surface area contributed by atoms with Gasteiger partial charge in [0.15, 0.2) is 0 Å². The van der Waals surface area contributed by atoms with Gasteiger partial charge in [0.05, 0.1) is 11.6 Å². The number of H-pyrrole nitrogens is 1. The molecule has 3 aromatic heterocycles. The highest BCUT2D eigenvalue weighted by molar-refractivity contribution is 7.07. The lowest BCUT2D eigenvalue weighted by atomic mass is 9.98. The van der Waals surface area contributed by atoms with Crippen molar-refractivity contribution in [3.63, 3.8) is 0 Å². The van der Waals surface area contributed by atoms with Gasteiger partial charge in [-0.25, -0.2) is 9.97 Å². The number of piperidine rings is 1. The van der Waals surface area contributed by atoms with Gasteiger partial charge < -0.3 is 9.88 Å². The van der Waals surface area contributed by atoms with Crippen LogP contribution in [0.2, 0.25) is 0 Å². The third-order valence-corrected chi connectivity index (χ3v) is 4.77. The number of hydrogen-bond donors (Lipinski definition) is 1. The molecule has 1 fully saturated rings. The van der Waals surface area contributed by atoms with Gasteiger partial charge in [-0.05, 0) is 19.3 Å². The Bertz CT molecular complexity index is 898. The second kappa shape index (κ2) is 5.62. The van der Waals surface area contributed by atoms with Crippen molar-refractivity contribution in [3.8, 4) is 0 Å². The van der Waals surface area contributed by atoms with E-state index in [2.05, 4.69) is 15.0 Å². The molecule has 1 saturated heterocycles. The molecular formula is C15H15N5O2S. The van der Waals surface area contributed by atoms with Crippen LogP contribution in [0, 0.1) is 0 Å². The van der Waals surface area contributed by atoms with Crippen molar-refractivity contribution in [2.45, 2.75) is 25.3 Å². The Morgan fingerprint density at radius 3 is 3.09 bits per heavy atom. The molecule has 3 aromatic rings. The van der Waals surface area contributed by atoms with E-state index in [1.807, 2.05) is 4.90 Å². The molecule has 0 aliphatic carbocycles. The quantitative estimate of drug-likeness (QED) is 0.778. The van der Waals surface area contributed by atoms with Gasteiger partial charge in [-0.3, -0.25) is 14.0 Å². The monoisotopic (exact) mass is 329 g/mol. The third-order valence-electron chi connectivity index (χ3n) is 4.19. The molecule has 1 N–H and O–H groups in total. The summed E-state index contributed by atoms with van der Waals surface area (Å²) in [5, 5.41) is 1.76. The number of nitrogens with zero attached hydrogens (tertiary/aromatic N) is 4. The highest BCUT2D eigenvalue weighted by atomic mass is 32.1. The summed E-state index contributed by atoms with van der Waals surface area (Å²) in [5.41, 5.74) is 2.71. The summed E-state index contributed by atoms with van der Waals surface area (Å²) in [5.74, 6) is 0.416. The number of imidazole rings is 1. The molecule has 4 rings (SSSR count). The maximum Gasteiger partial charge on any atom is 0.273 e. The summed E-state index contributed by atoms with van der Waals surface area (Å²) in [6, 6.07) is 1.42. The molecule has 1 atom stereocenters. The molecule has 1 amide bonds. The fourth-order valence-electron chi connectivity index (χ4n) is 3.08. The van der Waals surface area contributed by atoms with Gasteiger partial charge in [0.2, 0.25) is 5.78 Å². The van der Waals surface area contributed by atoms with Crippen LogP contribution < -0.4 is 5.56 Å². The molecule has 0 spiro atoms. The summed E-state index contributed by atoms with van der Waals surface area (Å²) in [4.78, 5) is 38.2. The molecule has 0 aromatic carbocycles. The smallest absolute Gasteiger partial charge is 0.273 e. The standard InChI is InChI=1S/C15H15N5O2S/c21-13-7-10(18-15-16-4-6-20(13)15)12-3-1-2-5-19(12)14(22)11-8-23-9-17-11/h4,6-9,12H,1-3,5H2,(H,16,18). The number of fused-ring (bicyclic) bond motifs is 1. The van der Waals surface area contributed by atoms with Crippen molar-refractivity contribution in [1.82, 2.24) is 24.3 Å². The predicted molar refractivity (Wildman–Crippen MR) is 85.6 cm³/mol. The van der Waals surface area contributed by atoms with E-state index in [9.17, 15) is 9.59 Å². The van der Waals surface area contributed by atoms with Crippen molar-refractivity contribution in [2.75, 3.05) is 6.54 Å². The van der Waals surface area contributed by atoms with Crippen LogP contribution in [0.15, 0.2) is 34.1 Å². The van der Waals surface area contributed by atoms with Crippen LogP contribution in [0.25, 0.3) is 5.78 Å². The summed E-state index contributed by atoms with van der Waals surface area (Å²) in [6.07, 6.45) is 6.01. The van der Waals surface area contributed by atoms with Gasteiger partial charge in [-0.2, -0.15) is 0 Å². The lowest BCUT2D eigenvalue weighted by Crippen LogP contribution is -2.39. The normalized spacial score (nSPS) is 18.4. The Hall–Kier alpha value is -2.48. The van der Waals surface area contributed by atoms with E-state index >= 15 is 0 Å². The fraction of sp³-hybridized carbons (Fsp3) is 0.333. The minimum Gasteiger partial charge on any atom is -0.329 e. The van der Waals surface area contributed by atoms with E-state index in [1.165, 1.54) is 15.7 Å². The van der Waals surface area contributed by atoms with E-state index in [0.717, 1.165) is 25.0 Å². The van der Waals surface area contributed by atoms with Gasteiger partial charge in [-0.15, -0.1) is 11.3 Å². The summed E-state index contributed by atoms with van der Waals surface area (Å²) in [7, 11) is 0. The zero-order valence-electron chi connectivity index (χ0n) is 12.3. The Labute approximate surface area is 135 Å². The first-order chi connectivity index (χ1) is 11.2. The van der Waals surface area contributed by atoms with Gasteiger partial charge in [0, 0.05) is 36.1 Å². The zero-order valence-corrected chi connectivity index (χ0v) is 13.1. The highest BCUT2D eigenvalue weighted by Crippen LogP contribution is 2.30. The number of carbonyl (C=O) groups is 1. The zero-order chi connectivity index (χ0) is 15.8. The number of carbonyl (C=O) groups excluding carboxylic acids is 1. The molecule has 1 aliphatic heterocycles. The second-order valence-electron chi connectivity index (χ2n) is 5.57. The molecule has 7 nitrogen and oxygen atoms in total. The lowest BCUT2D eigenvalue weighted by molar-refractivity contribution is 0.0600. The van der Waals surface area contributed by atoms with Crippen LogP contribution in [0.1, 0.15) is 41.5 Å². The van der Waals surface area contributed by atoms with E-state index in [0.29, 0.717) is 18.0 Å². The van der Waals surface area contributed by atoms with Gasteiger partial charge in [-0.1, -0.05) is 0 Å². The summed E-state index contributed by atoms with van der Waals surface area (Å²) < 4.78 is 1.46. The molecule has 8 heteroatoms. The maximum atomic E-state index is 12.7. The molecular weight excluding hydrogens is 314 g/mol. The number of rotatable bonds is 2. The number of aromatic amines is 1. The average Bonchev–Trinajstić information content (AvgIpc) is 3.25. The first-order valence-corrected chi connectivity index (χ1v) is 8.44. The van der Waals surface area contributed by atoms with Gasteiger partial charge >= 0.3 is 0 Å². The Kier molecular flexibility index (Phi) is 3.45. The molecule has 0 saturated carbocycles. The fourth-order valence-corrected chi connectivity index (χ4v) is 3.61. The van der Waals surface area contributed by atoms with E-state index in [1.54, 1.807) is 29.4 Å². The maximum absolute atomic E-state index is 12.7. The van der Waals surface area contributed by atoms with Crippen LogP contribution in [-0.2, 0) is 0 Å². The number of amides is 1. The minimum atomic E-state index is -0.146. The number of aromatic nitrogens is 4. The first-order valence-electron chi connectivity index (χ1n) is 7.49. The van der Waals surface area contributed by atoms with Gasteiger partial charge in [0.25, 0.3) is 11.5 Å². The molecule has 1 unspecified atom stereocenters. The molecule has 0 bridgehead atoms. The Balaban J connectivity index is 1.74. The second-order valence-corrected chi connectivity index (χ2v) is 6.29. The SMILES string of the molecule is O=C(c1cscn1)N1CCCCC1c1cc(=O)n2ccnc2[nH]1. The number of nitrogens with one attached hydrogen (secondary N) is 1. The Morgan fingerprint density at radius 1 is 1.35 bits per heavy atom. The summed E-state index contributed by atoms with van der Waals surface area (Å²) in [6.45, 7) is 0.669. The molecule has 118 valence electrons. The Morgan fingerprint density at radius 2 is 2.26 bits per heavy atom. The van der Waals surface area contributed by atoms with Crippen LogP contribution in [0.4, 0.5) is 0 Å². The third kappa shape index (κ3) is 2.44. The van der Waals surface area contributed by atoms with Crippen LogP contribution in [0.5, 0.6) is 0 Å². The van der Waals surface area contributed by atoms with E-state index in [4.69, 9.17) is 0 Å². The van der Waals surface area contributed by atoms with Crippen molar-refractivity contribution in [3.05, 3.63) is 51.1 Å². The molecule has 23 heavy (non-hydrogen) atoms. The van der Waals surface area contributed by atoms with Crippen LogP contribution >= 0.6 is 11.3 Å². The van der Waals surface area contributed by atoms with Crippen molar-refractivity contribution in [1.29, 1.82) is 0 Å². The number of thiazole rings is 1. The van der Waals surface area contributed by atoms with Crippen molar-refractivity contribution in [2.24, 2.45) is 0 Å². The number of hydrogen-bond acceptors (Lipinski definition) is 5. The minimum absolute atomic E-state index is 0.0833.